The van der Waals surface area contributed by atoms with Crippen molar-refractivity contribution in [1.29, 1.82) is 0 Å². The second kappa shape index (κ2) is 7.95. The Balaban J connectivity index is 2.04. The summed E-state index contributed by atoms with van der Waals surface area (Å²) < 4.78 is 0. The third kappa shape index (κ3) is 4.70. The van der Waals surface area contributed by atoms with Crippen molar-refractivity contribution in [1.82, 2.24) is 4.90 Å². The highest BCUT2D eigenvalue weighted by Crippen LogP contribution is 2.24. The zero-order valence-corrected chi connectivity index (χ0v) is 14.3. The summed E-state index contributed by atoms with van der Waals surface area (Å²) >= 11 is 11.7. The van der Waals surface area contributed by atoms with Crippen molar-refractivity contribution in [3.63, 3.8) is 0 Å². The average Bonchev–Trinajstić information content (AvgIpc) is 2.48. The van der Waals surface area contributed by atoms with Crippen LogP contribution in [0.3, 0.4) is 0 Å². The summed E-state index contributed by atoms with van der Waals surface area (Å²) in [5.74, 6) is -0.161. The number of carbonyl (C=O) groups excluding carboxylic acids is 1. The average molecular weight is 343 g/mol. The number of oxime groups is 1. The molecule has 1 aliphatic rings. The summed E-state index contributed by atoms with van der Waals surface area (Å²) in [7, 11) is 4.07. The van der Waals surface area contributed by atoms with Crippen LogP contribution in [0.4, 0.5) is 0 Å². The van der Waals surface area contributed by atoms with Crippen LogP contribution in [0.5, 0.6) is 0 Å². The lowest BCUT2D eigenvalue weighted by atomic mass is 9.87. The van der Waals surface area contributed by atoms with E-state index in [0.717, 1.165) is 31.5 Å². The van der Waals surface area contributed by atoms with E-state index in [2.05, 4.69) is 10.1 Å². The third-order valence-electron chi connectivity index (χ3n) is 3.69. The molecule has 1 aromatic carbocycles. The number of carbonyl (C=O) groups is 1. The smallest absolute Gasteiger partial charge is 0.313 e. The maximum Gasteiger partial charge on any atom is 0.365 e. The number of hydrogen-bond acceptors (Lipinski definition) is 4. The molecule has 1 unspecified atom stereocenters. The molecule has 1 atom stereocenters. The molecule has 4 nitrogen and oxygen atoms in total. The van der Waals surface area contributed by atoms with Gasteiger partial charge in [-0.1, -0.05) is 34.8 Å². The lowest BCUT2D eigenvalue weighted by molar-refractivity contribution is 0.0511. The van der Waals surface area contributed by atoms with Crippen LogP contribution in [0.15, 0.2) is 23.4 Å². The molecule has 1 fully saturated rings. The molecule has 0 spiro atoms. The van der Waals surface area contributed by atoms with Gasteiger partial charge in [-0.3, -0.25) is 0 Å². The van der Waals surface area contributed by atoms with Gasteiger partial charge >= 0.3 is 5.97 Å². The molecule has 0 amide bonds. The van der Waals surface area contributed by atoms with Crippen LogP contribution < -0.4 is 0 Å². The van der Waals surface area contributed by atoms with Crippen molar-refractivity contribution in [2.45, 2.75) is 25.7 Å². The Kier molecular flexibility index (Phi) is 6.24. The van der Waals surface area contributed by atoms with Crippen LogP contribution in [-0.2, 0) is 4.84 Å². The fourth-order valence-corrected chi connectivity index (χ4v) is 2.90. The SMILES string of the molecule is CN(C)CC1CCCC/C1=N\OC(=O)c1ccc(Cl)c(Cl)c1. The minimum Gasteiger partial charge on any atom is -0.313 e. The Morgan fingerprint density at radius 1 is 1.32 bits per heavy atom. The van der Waals surface area contributed by atoms with Gasteiger partial charge in [-0.25, -0.2) is 4.79 Å². The molecule has 22 heavy (non-hydrogen) atoms. The van der Waals surface area contributed by atoms with Crippen LogP contribution in [0, 0.1) is 5.92 Å². The summed E-state index contributed by atoms with van der Waals surface area (Å²) in [6, 6.07) is 4.64. The van der Waals surface area contributed by atoms with Crippen LogP contribution in [0.2, 0.25) is 10.0 Å². The Hall–Kier alpha value is -1.10. The topological polar surface area (TPSA) is 41.9 Å². The summed E-state index contributed by atoms with van der Waals surface area (Å²) in [6.45, 7) is 0.920. The van der Waals surface area contributed by atoms with Crippen molar-refractivity contribution < 1.29 is 9.63 Å². The molecule has 0 N–H and O–H groups in total. The monoisotopic (exact) mass is 342 g/mol. The van der Waals surface area contributed by atoms with Gasteiger partial charge in [0.05, 0.1) is 21.3 Å². The van der Waals surface area contributed by atoms with Gasteiger partial charge in [-0.05, 0) is 51.6 Å². The molecular weight excluding hydrogens is 323 g/mol. The first-order chi connectivity index (χ1) is 10.5. The molecule has 0 aliphatic heterocycles. The molecule has 0 heterocycles. The van der Waals surface area contributed by atoms with E-state index in [-0.39, 0.29) is 0 Å². The zero-order valence-electron chi connectivity index (χ0n) is 12.8. The third-order valence-corrected chi connectivity index (χ3v) is 4.43. The Morgan fingerprint density at radius 2 is 2.09 bits per heavy atom. The number of rotatable bonds is 4. The Labute approximate surface area is 141 Å². The highest BCUT2D eigenvalue weighted by molar-refractivity contribution is 6.42. The summed E-state index contributed by atoms with van der Waals surface area (Å²) in [5.41, 5.74) is 1.31. The first kappa shape index (κ1) is 17.3. The summed E-state index contributed by atoms with van der Waals surface area (Å²) in [6.07, 6.45) is 4.25. The minimum absolute atomic E-state index is 0.326. The van der Waals surface area contributed by atoms with E-state index in [1.165, 1.54) is 12.5 Å². The normalized spacial score (nSPS) is 20.4. The lowest BCUT2D eigenvalue weighted by Crippen LogP contribution is -2.30. The molecule has 0 saturated heterocycles. The number of benzene rings is 1. The maximum atomic E-state index is 12.0. The fraction of sp³-hybridized carbons (Fsp3) is 0.500. The van der Waals surface area contributed by atoms with Gasteiger partial charge in [0, 0.05) is 12.5 Å². The van der Waals surface area contributed by atoms with Gasteiger partial charge in [0.2, 0.25) is 0 Å². The van der Waals surface area contributed by atoms with Crippen LogP contribution in [0.25, 0.3) is 0 Å². The molecule has 2 rings (SSSR count). The minimum atomic E-state index is -0.514. The second-order valence-corrected chi connectivity index (χ2v) is 6.61. The van der Waals surface area contributed by atoms with E-state index < -0.39 is 5.97 Å². The van der Waals surface area contributed by atoms with Crippen molar-refractivity contribution in [2.75, 3.05) is 20.6 Å². The Bertz CT molecular complexity index is 573. The van der Waals surface area contributed by atoms with Crippen molar-refractivity contribution >= 4 is 34.9 Å². The first-order valence-corrected chi connectivity index (χ1v) is 8.11. The predicted molar refractivity (Wildman–Crippen MR) is 89.8 cm³/mol. The van der Waals surface area contributed by atoms with Crippen molar-refractivity contribution in [3.8, 4) is 0 Å². The number of nitrogens with zero attached hydrogens (tertiary/aromatic N) is 2. The molecular formula is C16H20Cl2N2O2. The van der Waals surface area contributed by atoms with Gasteiger partial charge in [0.15, 0.2) is 0 Å². The van der Waals surface area contributed by atoms with Crippen LogP contribution in [0.1, 0.15) is 36.0 Å². The quantitative estimate of drug-likeness (QED) is 0.606. The number of halogens is 2. The van der Waals surface area contributed by atoms with Gasteiger partial charge in [0.25, 0.3) is 0 Å². The lowest BCUT2D eigenvalue weighted by Gasteiger charge is -2.25. The largest absolute Gasteiger partial charge is 0.365 e. The first-order valence-electron chi connectivity index (χ1n) is 7.35. The zero-order chi connectivity index (χ0) is 16.1. The molecule has 120 valence electrons. The fourth-order valence-electron chi connectivity index (χ4n) is 2.60. The Morgan fingerprint density at radius 3 is 2.77 bits per heavy atom. The molecule has 0 radical (unpaired) electrons. The molecule has 1 aromatic rings. The van der Waals surface area contributed by atoms with Crippen molar-refractivity contribution in [2.24, 2.45) is 11.1 Å². The predicted octanol–water partition coefficient (Wildman–Crippen LogP) is 4.26. The van der Waals surface area contributed by atoms with Crippen LogP contribution in [-0.4, -0.2) is 37.2 Å². The maximum absolute atomic E-state index is 12.0. The van der Waals surface area contributed by atoms with Gasteiger partial charge in [0.1, 0.15) is 0 Å². The van der Waals surface area contributed by atoms with E-state index in [1.54, 1.807) is 12.1 Å². The van der Waals surface area contributed by atoms with Crippen LogP contribution >= 0.6 is 23.2 Å². The molecule has 6 heteroatoms. The standard InChI is InChI=1S/C16H20Cl2N2O2/c1-20(2)10-12-5-3-4-6-15(12)19-22-16(21)11-7-8-13(17)14(18)9-11/h7-9,12H,3-6,10H2,1-2H3/b19-15+. The highest BCUT2D eigenvalue weighted by Gasteiger charge is 2.22. The van der Waals surface area contributed by atoms with E-state index in [9.17, 15) is 4.79 Å². The molecule has 1 saturated carbocycles. The van der Waals surface area contributed by atoms with E-state index >= 15 is 0 Å². The number of hydrogen-bond donors (Lipinski definition) is 0. The molecule has 0 aromatic heterocycles. The molecule has 0 bridgehead atoms. The second-order valence-electron chi connectivity index (χ2n) is 5.80. The van der Waals surface area contributed by atoms with Gasteiger partial charge < -0.3 is 9.74 Å². The van der Waals surface area contributed by atoms with E-state index in [4.69, 9.17) is 28.0 Å². The van der Waals surface area contributed by atoms with E-state index in [0.29, 0.717) is 21.5 Å². The van der Waals surface area contributed by atoms with Gasteiger partial charge in [-0.15, -0.1) is 0 Å². The van der Waals surface area contributed by atoms with Gasteiger partial charge in [-0.2, -0.15) is 0 Å². The van der Waals surface area contributed by atoms with E-state index in [1.807, 2.05) is 14.1 Å². The summed E-state index contributed by atoms with van der Waals surface area (Å²) in [4.78, 5) is 19.3. The molecule has 1 aliphatic carbocycles. The highest BCUT2D eigenvalue weighted by atomic mass is 35.5. The summed E-state index contributed by atoms with van der Waals surface area (Å²) in [5, 5.41) is 4.84. The van der Waals surface area contributed by atoms with Crippen molar-refractivity contribution in [3.05, 3.63) is 33.8 Å².